The topological polar surface area (TPSA) is 106 Å². The van der Waals surface area contributed by atoms with Crippen molar-refractivity contribution in [3.8, 4) is 6.07 Å². The number of pyridine rings is 1. The fourth-order valence-electron chi connectivity index (χ4n) is 2.11. The predicted octanol–water partition coefficient (Wildman–Crippen LogP) is 1.77. The van der Waals surface area contributed by atoms with Crippen molar-refractivity contribution in [1.29, 1.82) is 5.26 Å². The summed E-state index contributed by atoms with van der Waals surface area (Å²) in [5.41, 5.74) is 1.11. The third kappa shape index (κ3) is 3.28. The molecule has 0 N–H and O–H groups in total. The molecular weight excluding hydrogens is 319 g/mol. The molecule has 8 nitrogen and oxygen atoms in total. The molecule has 0 atom stereocenters. The number of halogens is 1. The number of nitriles is 1. The molecule has 3 rings (SSSR count). The molecule has 0 amide bonds. The van der Waals surface area contributed by atoms with Gasteiger partial charge in [0.1, 0.15) is 11.6 Å². The van der Waals surface area contributed by atoms with Crippen LogP contribution in [-0.2, 0) is 11.5 Å². The summed E-state index contributed by atoms with van der Waals surface area (Å²) in [6.45, 7) is 0.696. The van der Waals surface area contributed by atoms with Gasteiger partial charge in [-0.25, -0.2) is 14.9 Å². The summed E-state index contributed by atoms with van der Waals surface area (Å²) in [5, 5.41) is 14.9. The maximum absolute atomic E-state index is 10.0. The third-order valence-corrected chi connectivity index (χ3v) is 3.52. The summed E-state index contributed by atoms with van der Waals surface area (Å²) >= 11 is 6.04. The Morgan fingerprint density at radius 2 is 2.36 bits per heavy atom. The normalized spacial score (nSPS) is 14.3. The number of oxime groups is 1. The van der Waals surface area contributed by atoms with E-state index in [1.54, 1.807) is 12.3 Å². The van der Waals surface area contributed by atoms with Crippen LogP contribution < -0.4 is 0 Å². The van der Waals surface area contributed by atoms with Crippen molar-refractivity contribution in [2.45, 2.75) is 19.4 Å². The molecule has 2 heterocycles. The van der Waals surface area contributed by atoms with Crippen molar-refractivity contribution in [3.05, 3.63) is 28.1 Å². The summed E-state index contributed by atoms with van der Waals surface area (Å²) in [7, 11) is 0. The van der Waals surface area contributed by atoms with Crippen LogP contribution in [0.2, 0.25) is 5.15 Å². The van der Waals surface area contributed by atoms with Crippen LogP contribution in [0.25, 0.3) is 11.0 Å². The van der Waals surface area contributed by atoms with E-state index in [2.05, 4.69) is 25.4 Å². The quantitative estimate of drug-likeness (QED) is 0.273. The monoisotopic (exact) mass is 328 g/mol. The zero-order chi connectivity index (χ0) is 14.8. The molecule has 0 spiro atoms. The first kappa shape index (κ1) is 16.8. The van der Waals surface area contributed by atoms with Crippen LogP contribution in [0.5, 0.6) is 0 Å². The number of hydrogen-bond donors (Lipinski definition) is 0. The Bertz CT molecular complexity index is 780. The minimum atomic E-state index is -0.137. The van der Waals surface area contributed by atoms with Gasteiger partial charge >= 0.3 is 29.6 Å². The number of rotatable bonds is 5. The number of nitrogens with zero attached hydrogens (tertiary/aromatic N) is 6. The van der Waals surface area contributed by atoms with Crippen LogP contribution in [0.4, 0.5) is 0 Å². The van der Waals surface area contributed by atoms with Crippen molar-refractivity contribution in [1.82, 2.24) is 14.5 Å². The van der Waals surface area contributed by atoms with E-state index in [4.69, 9.17) is 16.9 Å². The van der Waals surface area contributed by atoms with Crippen molar-refractivity contribution in [2.75, 3.05) is 0 Å². The van der Waals surface area contributed by atoms with E-state index in [0.717, 1.165) is 18.4 Å². The van der Waals surface area contributed by atoms with E-state index in [9.17, 15) is 4.91 Å². The second kappa shape index (κ2) is 7.15. The van der Waals surface area contributed by atoms with E-state index in [-0.39, 0.29) is 46.2 Å². The number of aromatic nitrogens is 3. The molecule has 0 aliphatic heterocycles. The van der Waals surface area contributed by atoms with Crippen molar-refractivity contribution in [2.24, 2.45) is 16.4 Å². The Hall–Kier alpha value is -1.53. The standard InChI is InChI=1S/C12H9ClN6O2.Na.H/c13-11-10-9(3-4-15-11)19(6-7-1-2-7)12(16-10)8(5-14)17-21-18-20;;/h3-4,7H,1-2,6H2;;. The molecule has 0 bridgehead atoms. The molecule has 108 valence electrons. The zero-order valence-corrected chi connectivity index (χ0v) is 11.5. The molecular formula is C12H10ClN6NaO2. The van der Waals surface area contributed by atoms with Gasteiger partial charge in [0.25, 0.3) is 0 Å². The second-order valence-corrected chi connectivity index (χ2v) is 5.02. The molecule has 22 heavy (non-hydrogen) atoms. The van der Waals surface area contributed by atoms with Gasteiger partial charge in [-0.05, 0) is 30.0 Å². The SMILES string of the molecule is N#CC(=NON=O)c1nc2c(Cl)nccc2n1CC1CC1.[NaH]. The van der Waals surface area contributed by atoms with Crippen LogP contribution >= 0.6 is 11.6 Å². The molecule has 1 aliphatic carbocycles. The Balaban J connectivity index is 0.00000176. The van der Waals surface area contributed by atoms with Crippen LogP contribution in [0.3, 0.4) is 0 Å². The molecule has 0 saturated heterocycles. The molecule has 1 saturated carbocycles. The van der Waals surface area contributed by atoms with Gasteiger partial charge in [0.15, 0.2) is 16.3 Å². The molecule has 2 aromatic rings. The molecule has 1 aliphatic rings. The molecule has 2 aromatic heterocycles. The minimum absolute atomic E-state index is 0. The average molecular weight is 329 g/mol. The fraction of sp³-hybridized carbons (Fsp3) is 0.333. The van der Waals surface area contributed by atoms with Gasteiger partial charge in [-0.15, -0.1) is 4.91 Å². The van der Waals surface area contributed by atoms with E-state index >= 15 is 0 Å². The maximum atomic E-state index is 10.0. The first-order chi connectivity index (χ1) is 10.2. The van der Waals surface area contributed by atoms with Crippen LogP contribution in [-0.4, -0.2) is 49.8 Å². The predicted molar refractivity (Wildman–Crippen MR) is 81.4 cm³/mol. The zero-order valence-electron chi connectivity index (χ0n) is 10.7. The van der Waals surface area contributed by atoms with Gasteiger partial charge in [0.2, 0.25) is 5.71 Å². The van der Waals surface area contributed by atoms with Gasteiger partial charge in [0, 0.05) is 12.7 Å². The van der Waals surface area contributed by atoms with Gasteiger partial charge in [-0.1, -0.05) is 11.6 Å². The van der Waals surface area contributed by atoms with E-state index in [1.807, 2.05) is 10.6 Å². The van der Waals surface area contributed by atoms with Gasteiger partial charge in [-0.2, -0.15) is 5.26 Å². The number of imidazole rings is 1. The van der Waals surface area contributed by atoms with Gasteiger partial charge < -0.3 is 4.57 Å². The molecule has 0 radical (unpaired) electrons. The first-order valence-corrected chi connectivity index (χ1v) is 6.60. The Labute approximate surface area is 152 Å². The Morgan fingerprint density at radius 3 is 3.00 bits per heavy atom. The molecule has 1 fully saturated rings. The summed E-state index contributed by atoms with van der Waals surface area (Å²) in [4.78, 5) is 22.4. The summed E-state index contributed by atoms with van der Waals surface area (Å²) in [6.07, 6.45) is 3.83. The third-order valence-electron chi connectivity index (χ3n) is 3.24. The first-order valence-electron chi connectivity index (χ1n) is 6.22. The number of fused-ring (bicyclic) bond motifs is 1. The van der Waals surface area contributed by atoms with Crippen LogP contribution in [0.1, 0.15) is 18.7 Å². The molecule has 0 unspecified atom stereocenters. The summed E-state index contributed by atoms with van der Waals surface area (Å²) in [6, 6.07) is 3.62. The Morgan fingerprint density at radius 1 is 1.59 bits per heavy atom. The van der Waals surface area contributed by atoms with Crippen molar-refractivity contribution in [3.63, 3.8) is 0 Å². The van der Waals surface area contributed by atoms with Crippen LogP contribution in [0.15, 0.2) is 22.8 Å². The molecule has 0 aromatic carbocycles. The van der Waals surface area contributed by atoms with E-state index in [1.165, 1.54) is 0 Å². The Kier molecular flexibility index (Phi) is 5.47. The molecule has 10 heteroatoms. The number of hydrogen-bond acceptors (Lipinski definition) is 7. The van der Waals surface area contributed by atoms with E-state index < -0.39 is 0 Å². The van der Waals surface area contributed by atoms with Crippen molar-refractivity contribution >= 4 is 57.9 Å². The average Bonchev–Trinajstić information content (AvgIpc) is 3.23. The second-order valence-electron chi connectivity index (χ2n) is 4.67. The van der Waals surface area contributed by atoms with Crippen LogP contribution in [0, 0.1) is 22.2 Å². The summed E-state index contributed by atoms with van der Waals surface area (Å²) < 4.78 is 1.84. The van der Waals surface area contributed by atoms with Gasteiger partial charge in [-0.3, -0.25) is 0 Å². The summed E-state index contributed by atoms with van der Waals surface area (Å²) in [5.74, 6) is 0.830. The van der Waals surface area contributed by atoms with Gasteiger partial charge in [0.05, 0.1) is 5.52 Å². The van der Waals surface area contributed by atoms with E-state index in [0.29, 0.717) is 18.0 Å². The fourth-order valence-corrected chi connectivity index (χ4v) is 2.31. The van der Waals surface area contributed by atoms with Crippen molar-refractivity contribution < 1.29 is 4.94 Å².